The summed E-state index contributed by atoms with van der Waals surface area (Å²) >= 11 is 0. The van der Waals surface area contributed by atoms with Gasteiger partial charge in [-0.25, -0.2) is 34.9 Å². The van der Waals surface area contributed by atoms with Crippen LogP contribution < -0.4 is 16.8 Å². The van der Waals surface area contributed by atoms with Crippen LogP contribution in [0.25, 0.3) is 51.4 Å². The fourth-order valence-corrected chi connectivity index (χ4v) is 7.05. The average Bonchev–Trinajstić information content (AvgIpc) is 3.35. The van der Waals surface area contributed by atoms with Crippen LogP contribution >= 0.6 is 0 Å². The quantitative estimate of drug-likeness (QED) is 0.152. The summed E-state index contributed by atoms with van der Waals surface area (Å²) in [5.41, 5.74) is 22.8. The molecule has 0 spiro atoms. The van der Waals surface area contributed by atoms with Gasteiger partial charge in [0.25, 0.3) is 0 Å². The van der Waals surface area contributed by atoms with Crippen molar-refractivity contribution in [2.24, 2.45) is 4.99 Å². The molecule has 0 atom stereocenters. The lowest BCUT2D eigenvalue weighted by molar-refractivity contribution is 0.915. The first kappa shape index (κ1) is 43.6. The van der Waals surface area contributed by atoms with Crippen LogP contribution in [0.4, 0.5) is 17.6 Å². The van der Waals surface area contributed by atoms with Crippen LogP contribution in [0.5, 0.6) is 0 Å². The van der Waals surface area contributed by atoms with E-state index in [1.54, 1.807) is 31.7 Å². The number of nitrogens with one attached hydrogen (secondary N) is 1. The van der Waals surface area contributed by atoms with E-state index in [0.717, 1.165) is 86.9 Å². The molecule has 16 heteroatoms. The summed E-state index contributed by atoms with van der Waals surface area (Å²) in [7, 11) is 0. The number of hydrogen-bond acceptors (Lipinski definition) is 16. The van der Waals surface area contributed by atoms with E-state index in [1.165, 1.54) is 5.56 Å². The zero-order valence-electron chi connectivity index (χ0n) is 36.4. The molecule has 8 heterocycles. The highest BCUT2D eigenvalue weighted by Crippen LogP contribution is 2.36. The Morgan fingerprint density at radius 2 is 0.939 bits per heavy atom. The van der Waals surface area contributed by atoms with E-state index >= 15 is 0 Å². The third-order valence-electron chi connectivity index (χ3n) is 9.90. The molecule has 0 amide bonds. The SMILES string of the molecule is C=C1NC(c2ccccn2)=Nc2ccccc21.Cc1nc(C)nc(-c2ccccn2)n1.Cc1nc(N)nc(-c2ccccn2)n1.Nc1nc(-c2ccccn2)c2c(n1)-c1ccccc1CC2. The maximum absolute atomic E-state index is 5.93. The molecule has 0 fully saturated rings. The summed E-state index contributed by atoms with van der Waals surface area (Å²) in [5, 5.41) is 3.18. The normalized spacial score (nSPS) is 11.8. The van der Waals surface area contributed by atoms with E-state index in [2.05, 4.69) is 94.9 Å². The van der Waals surface area contributed by atoms with E-state index in [-0.39, 0.29) is 5.95 Å². The number of pyridine rings is 4. The number of nitrogens with zero attached hydrogens (tertiary/aromatic N) is 13. The standard InChI is InChI=1S/C17H14N4.C14H11N3.C10H10N4.C9H9N5/c18-17-20-15-12-6-2-1-5-11(12)8-9-13(15)16(21-17)14-7-3-4-10-19-14;1-10-11-6-2-3-7-12(11)17-14(16-10)13-8-4-5-9-15-13;1-7-12-8(2)14-10(13-7)9-5-3-4-6-11-9;1-6-12-8(14-9(10)13-6)7-4-2-3-5-11-7/h1-7,10H,8-9H2,(H2,18,20,21);2-9H,1H2,(H,16,17);3-6H,1-2H3;2-5H,1H3,(H2,10,12,13,14). The number of rotatable bonds is 4. The molecule has 0 saturated carbocycles. The van der Waals surface area contributed by atoms with Gasteiger partial charge in [0.05, 0.1) is 22.8 Å². The van der Waals surface area contributed by atoms with Crippen LogP contribution in [0, 0.1) is 20.8 Å². The molecule has 2 aliphatic rings. The van der Waals surface area contributed by atoms with Crippen LogP contribution in [0.2, 0.25) is 0 Å². The van der Waals surface area contributed by atoms with Gasteiger partial charge < -0.3 is 16.8 Å². The largest absolute Gasteiger partial charge is 0.368 e. The van der Waals surface area contributed by atoms with Crippen molar-refractivity contribution in [2.75, 3.05) is 11.5 Å². The number of aliphatic imine (C=N–C) groups is 1. The Hall–Kier alpha value is -9.05. The van der Waals surface area contributed by atoms with Gasteiger partial charge in [-0.3, -0.25) is 19.9 Å². The smallest absolute Gasteiger partial charge is 0.223 e. The first-order chi connectivity index (χ1) is 32.2. The number of anilines is 2. The van der Waals surface area contributed by atoms with Crippen molar-refractivity contribution in [3.8, 4) is 45.7 Å². The highest BCUT2D eigenvalue weighted by molar-refractivity contribution is 6.06. The van der Waals surface area contributed by atoms with Gasteiger partial charge in [-0.2, -0.15) is 9.97 Å². The van der Waals surface area contributed by atoms with Gasteiger partial charge >= 0.3 is 0 Å². The lowest BCUT2D eigenvalue weighted by atomic mass is 9.87. The number of amidine groups is 1. The van der Waals surface area contributed by atoms with Gasteiger partial charge in [-0.15, -0.1) is 0 Å². The van der Waals surface area contributed by atoms with Gasteiger partial charge in [0.15, 0.2) is 17.5 Å². The Morgan fingerprint density at radius 3 is 1.53 bits per heavy atom. The van der Waals surface area contributed by atoms with Crippen molar-refractivity contribution in [1.29, 1.82) is 0 Å². The summed E-state index contributed by atoms with van der Waals surface area (Å²) in [6.45, 7) is 9.48. The number of benzene rings is 2. The monoisotopic (exact) mass is 868 g/mol. The molecular formula is C50H44N16. The number of nitrogens with two attached hydrogens (primary N) is 2. The predicted molar refractivity (Wildman–Crippen MR) is 256 cm³/mol. The molecule has 1 aliphatic carbocycles. The summed E-state index contributed by atoms with van der Waals surface area (Å²) in [6.07, 6.45) is 8.85. The molecule has 7 aromatic heterocycles. The number of para-hydroxylation sites is 1. The zero-order chi connectivity index (χ0) is 45.8. The molecule has 1 aliphatic heterocycles. The van der Waals surface area contributed by atoms with Crippen molar-refractivity contribution in [2.45, 2.75) is 33.6 Å². The van der Waals surface area contributed by atoms with Crippen LogP contribution in [0.3, 0.4) is 0 Å². The van der Waals surface area contributed by atoms with Crippen molar-refractivity contribution < 1.29 is 0 Å². The number of aromatic nitrogens is 12. The number of hydrogen-bond donors (Lipinski definition) is 3. The van der Waals surface area contributed by atoms with E-state index in [9.17, 15) is 0 Å². The third kappa shape index (κ3) is 10.8. The molecule has 0 radical (unpaired) electrons. The Balaban J connectivity index is 0.000000122. The van der Waals surface area contributed by atoms with E-state index < -0.39 is 0 Å². The van der Waals surface area contributed by atoms with Crippen molar-refractivity contribution >= 4 is 29.1 Å². The summed E-state index contributed by atoms with van der Waals surface area (Å²) < 4.78 is 0. The summed E-state index contributed by atoms with van der Waals surface area (Å²) in [5.74, 6) is 4.44. The summed E-state index contributed by atoms with van der Waals surface area (Å²) in [6, 6.07) is 39.0. The maximum Gasteiger partial charge on any atom is 0.223 e. The first-order valence-corrected chi connectivity index (χ1v) is 20.9. The van der Waals surface area contributed by atoms with Crippen LogP contribution in [-0.2, 0) is 12.8 Å². The second kappa shape index (κ2) is 20.4. The molecule has 11 rings (SSSR count). The zero-order valence-corrected chi connectivity index (χ0v) is 36.4. The first-order valence-electron chi connectivity index (χ1n) is 20.9. The molecule has 0 unspecified atom stereocenters. The second-order valence-corrected chi connectivity index (χ2v) is 14.7. The van der Waals surface area contributed by atoms with Crippen LogP contribution in [-0.4, -0.2) is 65.6 Å². The number of nitrogen functional groups attached to an aromatic ring is 2. The summed E-state index contributed by atoms with van der Waals surface area (Å²) in [4.78, 5) is 55.0. The van der Waals surface area contributed by atoms with E-state index in [1.807, 2.05) is 117 Å². The molecule has 0 bridgehead atoms. The minimum absolute atomic E-state index is 0.221. The molecular weight excluding hydrogens is 825 g/mol. The molecule has 324 valence electrons. The Kier molecular flexibility index (Phi) is 13.5. The maximum atomic E-state index is 5.93. The van der Waals surface area contributed by atoms with Gasteiger partial charge in [-0.05, 0) is 93.8 Å². The van der Waals surface area contributed by atoms with Crippen molar-refractivity contribution in [3.05, 3.63) is 193 Å². The number of aryl methyl sites for hydroxylation is 4. The van der Waals surface area contributed by atoms with Crippen LogP contribution in [0.15, 0.2) is 158 Å². The Morgan fingerprint density at radius 1 is 0.455 bits per heavy atom. The molecule has 16 nitrogen and oxygen atoms in total. The molecule has 9 aromatic rings. The highest BCUT2D eigenvalue weighted by atomic mass is 15.1. The van der Waals surface area contributed by atoms with Gasteiger partial charge in [0, 0.05) is 47.2 Å². The number of fused-ring (bicyclic) bond motifs is 4. The minimum atomic E-state index is 0.221. The second-order valence-electron chi connectivity index (χ2n) is 14.7. The molecule has 5 N–H and O–H groups in total. The van der Waals surface area contributed by atoms with Crippen molar-refractivity contribution in [3.63, 3.8) is 0 Å². The fraction of sp³-hybridized carbons (Fsp3) is 0.100. The predicted octanol–water partition coefficient (Wildman–Crippen LogP) is 7.99. The lowest BCUT2D eigenvalue weighted by Gasteiger charge is -2.21. The minimum Gasteiger partial charge on any atom is -0.368 e. The van der Waals surface area contributed by atoms with Gasteiger partial charge in [-0.1, -0.05) is 73.3 Å². The lowest BCUT2D eigenvalue weighted by Crippen LogP contribution is -2.26. The van der Waals surface area contributed by atoms with Gasteiger partial charge in [0.2, 0.25) is 11.9 Å². The topological polar surface area (TPSA) is 231 Å². The van der Waals surface area contributed by atoms with E-state index in [0.29, 0.717) is 29.1 Å². The van der Waals surface area contributed by atoms with Gasteiger partial charge in [0.1, 0.15) is 34.6 Å². The van der Waals surface area contributed by atoms with Crippen LogP contribution in [0.1, 0.15) is 39.9 Å². The Bertz CT molecular complexity index is 2990. The van der Waals surface area contributed by atoms with Crippen molar-refractivity contribution in [1.82, 2.24) is 65.1 Å². The molecule has 0 saturated heterocycles. The molecule has 2 aromatic carbocycles. The fourth-order valence-electron chi connectivity index (χ4n) is 7.05. The van der Waals surface area contributed by atoms with E-state index in [4.69, 9.17) is 11.5 Å². The third-order valence-corrected chi connectivity index (χ3v) is 9.90. The molecule has 66 heavy (non-hydrogen) atoms. The highest BCUT2D eigenvalue weighted by Gasteiger charge is 2.23. The Labute approximate surface area is 381 Å². The average molecular weight is 869 g/mol.